The van der Waals surface area contributed by atoms with Gasteiger partial charge in [-0.3, -0.25) is 4.79 Å². The molecule has 0 saturated heterocycles. The second kappa shape index (κ2) is 5.27. The zero-order valence-corrected chi connectivity index (χ0v) is 10.6. The molecule has 1 aliphatic heterocycles. The van der Waals surface area contributed by atoms with E-state index in [4.69, 9.17) is 4.74 Å². The van der Waals surface area contributed by atoms with Gasteiger partial charge in [0.2, 0.25) is 0 Å². The molecule has 18 heavy (non-hydrogen) atoms. The van der Waals surface area contributed by atoms with Gasteiger partial charge in [-0.1, -0.05) is 6.07 Å². The molecule has 2 rings (SSSR count). The van der Waals surface area contributed by atoms with Gasteiger partial charge in [-0.05, 0) is 19.1 Å². The van der Waals surface area contributed by atoms with Crippen molar-refractivity contribution in [2.75, 3.05) is 32.1 Å². The number of ether oxygens (including phenoxy) is 1. The first-order chi connectivity index (χ1) is 8.59. The molecule has 0 aromatic heterocycles. The number of amides is 1. The van der Waals surface area contributed by atoms with Crippen LogP contribution in [-0.2, 0) is 0 Å². The van der Waals surface area contributed by atoms with Gasteiger partial charge in [0.15, 0.2) is 5.75 Å². The van der Waals surface area contributed by atoms with Crippen LogP contribution in [0.2, 0.25) is 0 Å². The highest BCUT2D eigenvalue weighted by atomic mass is 16.5. The zero-order chi connectivity index (χ0) is 13.1. The van der Waals surface area contributed by atoms with Crippen LogP contribution in [0, 0.1) is 0 Å². The number of aliphatic hydroxyl groups excluding tert-OH is 1. The quantitative estimate of drug-likeness (QED) is 0.838. The summed E-state index contributed by atoms with van der Waals surface area (Å²) in [5.74, 6) is 0.461. The average molecular weight is 250 g/mol. The number of carbonyl (C=O) groups excluding carboxylic acids is 1. The lowest BCUT2D eigenvalue weighted by molar-refractivity contribution is 0.0699. The van der Waals surface area contributed by atoms with Crippen LogP contribution < -0.4 is 10.1 Å². The third-order valence-corrected chi connectivity index (χ3v) is 2.79. The Morgan fingerprint density at radius 1 is 1.61 bits per heavy atom. The van der Waals surface area contributed by atoms with E-state index in [1.165, 1.54) is 4.90 Å². The molecule has 1 unspecified atom stereocenters. The summed E-state index contributed by atoms with van der Waals surface area (Å²) in [6.45, 7) is 3.25. The minimum Gasteiger partial charge on any atom is -0.489 e. The van der Waals surface area contributed by atoms with Crippen LogP contribution in [0.15, 0.2) is 18.2 Å². The maximum Gasteiger partial charge on any atom is 0.257 e. The van der Waals surface area contributed by atoms with Gasteiger partial charge in [-0.15, -0.1) is 0 Å². The summed E-state index contributed by atoms with van der Waals surface area (Å²) in [5, 5.41) is 12.5. The van der Waals surface area contributed by atoms with Crippen molar-refractivity contribution in [1.82, 2.24) is 4.90 Å². The Balaban J connectivity index is 2.25. The molecule has 2 N–H and O–H groups in total. The van der Waals surface area contributed by atoms with Crippen LogP contribution in [-0.4, -0.2) is 48.8 Å². The number of rotatable bonds is 3. The number of nitrogens with one attached hydrogen (secondary N) is 1. The Bertz CT molecular complexity index is 446. The van der Waals surface area contributed by atoms with E-state index in [-0.39, 0.29) is 5.91 Å². The van der Waals surface area contributed by atoms with Crippen LogP contribution in [0.1, 0.15) is 17.3 Å². The van der Waals surface area contributed by atoms with Crippen molar-refractivity contribution in [2.24, 2.45) is 0 Å². The second-order valence-corrected chi connectivity index (χ2v) is 4.49. The van der Waals surface area contributed by atoms with Gasteiger partial charge in [0.05, 0.1) is 17.4 Å². The van der Waals surface area contributed by atoms with Crippen LogP contribution in [0.3, 0.4) is 0 Å². The maximum atomic E-state index is 12.3. The van der Waals surface area contributed by atoms with Gasteiger partial charge in [-0.25, -0.2) is 0 Å². The average Bonchev–Trinajstić information content (AvgIpc) is 2.36. The normalized spacial score (nSPS) is 15.1. The van der Waals surface area contributed by atoms with E-state index in [2.05, 4.69) is 5.32 Å². The molecular formula is C13H18N2O3. The highest BCUT2D eigenvalue weighted by Gasteiger charge is 2.21. The van der Waals surface area contributed by atoms with Gasteiger partial charge in [0.1, 0.15) is 6.61 Å². The lowest BCUT2D eigenvalue weighted by atomic mass is 10.1. The van der Waals surface area contributed by atoms with Crippen molar-refractivity contribution in [3.63, 3.8) is 0 Å². The van der Waals surface area contributed by atoms with Gasteiger partial charge < -0.3 is 20.1 Å². The smallest absolute Gasteiger partial charge is 0.257 e. The molecule has 0 fully saturated rings. The minimum atomic E-state index is -0.544. The van der Waals surface area contributed by atoms with Crippen molar-refractivity contribution < 1.29 is 14.6 Å². The molecule has 0 radical (unpaired) electrons. The molecule has 5 heteroatoms. The van der Waals surface area contributed by atoms with Crippen LogP contribution >= 0.6 is 0 Å². The Morgan fingerprint density at radius 2 is 2.39 bits per heavy atom. The fourth-order valence-corrected chi connectivity index (χ4v) is 2.02. The Labute approximate surface area is 106 Å². The summed E-state index contributed by atoms with van der Waals surface area (Å²) in [6, 6.07) is 5.45. The Kier molecular flexibility index (Phi) is 3.72. The number of nitrogens with zero attached hydrogens (tertiary/aromatic N) is 1. The summed E-state index contributed by atoms with van der Waals surface area (Å²) in [7, 11) is 1.67. The number of fused-ring (bicyclic) bond motifs is 1. The molecule has 5 nitrogen and oxygen atoms in total. The lowest BCUT2D eigenvalue weighted by Crippen LogP contribution is -2.33. The van der Waals surface area contributed by atoms with Gasteiger partial charge in [-0.2, -0.15) is 0 Å². The first-order valence-corrected chi connectivity index (χ1v) is 6.03. The van der Waals surface area contributed by atoms with Gasteiger partial charge in [0.25, 0.3) is 5.91 Å². The van der Waals surface area contributed by atoms with Gasteiger partial charge >= 0.3 is 0 Å². The number of hydrogen-bond donors (Lipinski definition) is 2. The van der Waals surface area contributed by atoms with Crippen molar-refractivity contribution in [3.05, 3.63) is 23.8 Å². The number of aliphatic hydroxyl groups is 1. The molecule has 1 heterocycles. The largest absolute Gasteiger partial charge is 0.489 e. The summed E-state index contributed by atoms with van der Waals surface area (Å²) in [5.41, 5.74) is 1.38. The summed E-state index contributed by atoms with van der Waals surface area (Å²) in [4.78, 5) is 13.8. The number of carbonyl (C=O) groups is 1. The Hall–Kier alpha value is -1.75. The molecule has 1 atom stereocenters. The standard InChI is InChI=1S/C13H18N2O3/c1-9(16)8-15(2)13(17)10-4-3-5-11-12(10)18-7-6-14-11/h3-5,9,14,16H,6-8H2,1-2H3. The van der Waals surface area contributed by atoms with E-state index >= 15 is 0 Å². The Morgan fingerprint density at radius 3 is 3.11 bits per heavy atom. The molecule has 1 aliphatic rings. The monoisotopic (exact) mass is 250 g/mol. The molecule has 1 aromatic rings. The van der Waals surface area contributed by atoms with E-state index in [0.717, 1.165) is 12.2 Å². The number of likely N-dealkylation sites (N-methyl/N-ethyl adjacent to an activating group) is 1. The van der Waals surface area contributed by atoms with Crippen LogP contribution in [0.25, 0.3) is 0 Å². The summed E-state index contributed by atoms with van der Waals surface area (Å²) < 4.78 is 5.56. The third kappa shape index (κ3) is 2.56. The van der Waals surface area contributed by atoms with Crippen LogP contribution in [0.4, 0.5) is 5.69 Å². The topological polar surface area (TPSA) is 61.8 Å². The molecule has 1 amide bonds. The summed E-state index contributed by atoms with van der Waals surface area (Å²) >= 11 is 0. The predicted octanol–water partition coefficient (Wildman–Crippen LogP) is 0.944. The van der Waals surface area contributed by atoms with Crippen molar-refractivity contribution in [1.29, 1.82) is 0 Å². The van der Waals surface area contributed by atoms with E-state index < -0.39 is 6.10 Å². The van der Waals surface area contributed by atoms with E-state index in [9.17, 15) is 9.90 Å². The van der Waals surface area contributed by atoms with E-state index in [0.29, 0.717) is 24.5 Å². The number of para-hydroxylation sites is 1. The molecular weight excluding hydrogens is 232 g/mol. The SMILES string of the molecule is CC(O)CN(C)C(=O)c1cccc2c1OCCN2. The van der Waals surface area contributed by atoms with Gasteiger partial charge in [0, 0.05) is 20.1 Å². The zero-order valence-electron chi connectivity index (χ0n) is 10.6. The first kappa shape index (κ1) is 12.7. The minimum absolute atomic E-state index is 0.142. The first-order valence-electron chi connectivity index (χ1n) is 6.03. The third-order valence-electron chi connectivity index (χ3n) is 2.79. The van der Waals surface area contributed by atoms with E-state index in [1.807, 2.05) is 12.1 Å². The second-order valence-electron chi connectivity index (χ2n) is 4.49. The highest BCUT2D eigenvalue weighted by Crippen LogP contribution is 2.31. The molecule has 0 aliphatic carbocycles. The number of anilines is 1. The molecule has 1 aromatic carbocycles. The van der Waals surface area contributed by atoms with Crippen molar-refractivity contribution >= 4 is 11.6 Å². The number of benzene rings is 1. The maximum absolute atomic E-state index is 12.3. The lowest BCUT2D eigenvalue weighted by Gasteiger charge is -2.24. The fourth-order valence-electron chi connectivity index (χ4n) is 2.02. The van der Waals surface area contributed by atoms with Crippen molar-refractivity contribution in [3.8, 4) is 5.75 Å². The highest BCUT2D eigenvalue weighted by molar-refractivity contribution is 5.98. The molecule has 0 saturated carbocycles. The predicted molar refractivity (Wildman–Crippen MR) is 69.1 cm³/mol. The van der Waals surface area contributed by atoms with Crippen molar-refractivity contribution in [2.45, 2.75) is 13.0 Å². The molecule has 0 spiro atoms. The van der Waals surface area contributed by atoms with Crippen LogP contribution in [0.5, 0.6) is 5.75 Å². The van der Waals surface area contributed by atoms with E-state index in [1.54, 1.807) is 20.0 Å². The molecule has 0 bridgehead atoms. The molecule has 98 valence electrons. The fraction of sp³-hybridized carbons (Fsp3) is 0.462. The summed E-state index contributed by atoms with van der Waals surface area (Å²) in [6.07, 6.45) is -0.544. The number of hydrogen-bond acceptors (Lipinski definition) is 4.